The van der Waals surface area contributed by atoms with Crippen LogP contribution in [0.1, 0.15) is 17.2 Å². The van der Waals surface area contributed by atoms with E-state index in [2.05, 4.69) is 41.7 Å². The number of benzene rings is 3. The summed E-state index contributed by atoms with van der Waals surface area (Å²) >= 11 is 0. The third-order valence-electron chi connectivity index (χ3n) is 4.04. The second kappa shape index (κ2) is 4.34. The zero-order valence-corrected chi connectivity index (χ0v) is 10.9. The fourth-order valence-corrected chi connectivity index (χ4v) is 3.09. The SMILES string of the molecule is Fc1cccc2c1NC(c1cccc3ccccc13)C2. The van der Waals surface area contributed by atoms with Crippen molar-refractivity contribution in [3.63, 3.8) is 0 Å². The van der Waals surface area contributed by atoms with Crippen LogP contribution in [-0.4, -0.2) is 0 Å². The molecular weight excluding hydrogens is 249 g/mol. The third-order valence-corrected chi connectivity index (χ3v) is 4.04. The number of rotatable bonds is 1. The first-order valence-corrected chi connectivity index (χ1v) is 6.84. The summed E-state index contributed by atoms with van der Waals surface area (Å²) in [5.74, 6) is -0.162. The number of para-hydroxylation sites is 1. The molecule has 0 radical (unpaired) electrons. The van der Waals surface area contributed by atoms with E-state index in [4.69, 9.17) is 0 Å². The molecule has 1 heterocycles. The molecule has 0 bridgehead atoms. The lowest BCUT2D eigenvalue weighted by Crippen LogP contribution is -2.06. The van der Waals surface area contributed by atoms with E-state index in [9.17, 15) is 4.39 Å². The van der Waals surface area contributed by atoms with E-state index in [0.717, 1.165) is 12.0 Å². The van der Waals surface area contributed by atoms with Crippen molar-refractivity contribution < 1.29 is 4.39 Å². The van der Waals surface area contributed by atoms with Gasteiger partial charge in [0.15, 0.2) is 0 Å². The van der Waals surface area contributed by atoms with Gasteiger partial charge in [-0.25, -0.2) is 4.39 Å². The first-order chi connectivity index (χ1) is 9.83. The van der Waals surface area contributed by atoms with E-state index >= 15 is 0 Å². The average molecular weight is 263 g/mol. The molecule has 0 aliphatic carbocycles. The molecule has 3 aromatic carbocycles. The second-order valence-electron chi connectivity index (χ2n) is 5.24. The first kappa shape index (κ1) is 11.5. The second-order valence-corrected chi connectivity index (χ2v) is 5.24. The smallest absolute Gasteiger partial charge is 0.146 e. The molecule has 0 aromatic heterocycles. The fourth-order valence-electron chi connectivity index (χ4n) is 3.09. The van der Waals surface area contributed by atoms with Gasteiger partial charge in [-0.3, -0.25) is 0 Å². The van der Waals surface area contributed by atoms with E-state index in [1.807, 2.05) is 12.1 Å². The topological polar surface area (TPSA) is 12.0 Å². The summed E-state index contributed by atoms with van der Waals surface area (Å²) in [5, 5.41) is 5.80. The molecule has 0 amide bonds. The summed E-state index contributed by atoms with van der Waals surface area (Å²) < 4.78 is 13.8. The van der Waals surface area contributed by atoms with Crippen LogP contribution in [-0.2, 0) is 6.42 Å². The van der Waals surface area contributed by atoms with E-state index in [1.54, 1.807) is 6.07 Å². The Hall–Kier alpha value is -2.35. The fraction of sp³-hybridized carbons (Fsp3) is 0.111. The molecule has 1 unspecified atom stereocenters. The van der Waals surface area contributed by atoms with Crippen LogP contribution in [0.25, 0.3) is 10.8 Å². The van der Waals surface area contributed by atoms with Gasteiger partial charge in [0.2, 0.25) is 0 Å². The molecule has 1 atom stereocenters. The molecule has 0 fully saturated rings. The standard InChI is InChI=1S/C18H14FN/c19-16-10-4-7-13-11-17(20-18(13)16)15-9-3-6-12-5-1-2-8-14(12)15/h1-10,17,20H,11H2. The third kappa shape index (κ3) is 1.68. The van der Waals surface area contributed by atoms with Crippen LogP contribution in [0.2, 0.25) is 0 Å². The van der Waals surface area contributed by atoms with Crippen molar-refractivity contribution >= 4 is 16.5 Å². The largest absolute Gasteiger partial charge is 0.375 e. The van der Waals surface area contributed by atoms with Crippen LogP contribution < -0.4 is 5.32 Å². The normalized spacial score (nSPS) is 16.9. The molecule has 0 saturated carbocycles. The maximum absolute atomic E-state index is 13.8. The molecule has 2 heteroatoms. The highest BCUT2D eigenvalue weighted by molar-refractivity contribution is 5.86. The molecule has 1 N–H and O–H groups in total. The van der Waals surface area contributed by atoms with Crippen LogP contribution in [0.15, 0.2) is 60.7 Å². The summed E-state index contributed by atoms with van der Waals surface area (Å²) in [7, 11) is 0. The van der Waals surface area contributed by atoms with E-state index < -0.39 is 0 Å². The van der Waals surface area contributed by atoms with Crippen molar-refractivity contribution in [3.8, 4) is 0 Å². The lowest BCUT2D eigenvalue weighted by atomic mass is 9.97. The van der Waals surface area contributed by atoms with Gasteiger partial charge < -0.3 is 5.32 Å². The Bertz CT molecular complexity index is 789. The molecule has 1 nitrogen and oxygen atoms in total. The number of halogens is 1. The van der Waals surface area contributed by atoms with Gasteiger partial charge in [0.1, 0.15) is 5.82 Å². The molecule has 1 aliphatic rings. The monoisotopic (exact) mass is 263 g/mol. The van der Waals surface area contributed by atoms with Crippen LogP contribution in [0.5, 0.6) is 0 Å². The minimum absolute atomic E-state index is 0.146. The van der Waals surface area contributed by atoms with E-state index in [-0.39, 0.29) is 11.9 Å². The Morgan fingerprint density at radius 3 is 2.60 bits per heavy atom. The molecule has 3 aromatic rings. The quantitative estimate of drug-likeness (QED) is 0.671. The summed E-state index contributed by atoms with van der Waals surface area (Å²) in [5.41, 5.74) is 2.95. The summed E-state index contributed by atoms with van der Waals surface area (Å²) in [6.45, 7) is 0. The predicted octanol–water partition coefficient (Wildman–Crippen LogP) is 4.69. The van der Waals surface area contributed by atoms with Crippen molar-refractivity contribution in [2.24, 2.45) is 0 Å². The zero-order valence-electron chi connectivity index (χ0n) is 10.9. The van der Waals surface area contributed by atoms with E-state index in [1.165, 1.54) is 22.4 Å². The van der Waals surface area contributed by atoms with Gasteiger partial charge in [0.05, 0.1) is 11.7 Å². The van der Waals surface area contributed by atoms with E-state index in [0.29, 0.717) is 5.69 Å². The average Bonchev–Trinajstić information content (AvgIpc) is 2.92. The Labute approximate surface area is 117 Å². The van der Waals surface area contributed by atoms with Crippen LogP contribution in [0.4, 0.5) is 10.1 Å². The van der Waals surface area contributed by atoms with Gasteiger partial charge in [0.25, 0.3) is 0 Å². The molecular formula is C18H14FN. The Balaban J connectivity index is 1.81. The minimum Gasteiger partial charge on any atom is -0.375 e. The van der Waals surface area contributed by atoms with Crippen LogP contribution in [0.3, 0.4) is 0 Å². The number of hydrogen-bond acceptors (Lipinski definition) is 1. The predicted molar refractivity (Wildman–Crippen MR) is 80.4 cm³/mol. The lowest BCUT2D eigenvalue weighted by molar-refractivity contribution is 0.631. The summed E-state index contributed by atoms with van der Waals surface area (Å²) in [4.78, 5) is 0. The first-order valence-electron chi connectivity index (χ1n) is 6.84. The highest BCUT2D eigenvalue weighted by Gasteiger charge is 2.25. The zero-order chi connectivity index (χ0) is 13.5. The van der Waals surface area contributed by atoms with Gasteiger partial charge >= 0.3 is 0 Å². The summed E-state index contributed by atoms with van der Waals surface area (Å²) in [6, 6.07) is 20.1. The van der Waals surface area contributed by atoms with Crippen molar-refractivity contribution in [3.05, 3.63) is 77.6 Å². The Kier molecular flexibility index (Phi) is 2.49. The van der Waals surface area contributed by atoms with Gasteiger partial charge in [-0.2, -0.15) is 0 Å². The number of nitrogens with one attached hydrogen (secondary N) is 1. The van der Waals surface area contributed by atoms with Crippen molar-refractivity contribution in [1.82, 2.24) is 0 Å². The lowest BCUT2D eigenvalue weighted by Gasteiger charge is -2.14. The molecule has 4 rings (SSSR count). The molecule has 0 saturated heterocycles. The van der Waals surface area contributed by atoms with Crippen molar-refractivity contribution in [1.29, 1.82) is 0 Å². The maximum atomic E-state index is 13.8. The molecule has 98 valence electrons. The van der Waals surface area contributed by atoms with Gasteiger partial charge in [-0.05, 0) is 34.4 Å². The van der Waals surface area contributed by atoms with Crippen molar-refractivity contribution in [2.75, 3.05) is 5.32 Å². The Morgan fingerprint density at radius 1 is 0.900 bits per heavy atom. The van der Waals surface area contributed by atoms with Crippen molar-refractivity contribution in [2.45, 2.75) is 12.5 Å². The van der Waals surface area contributed by atoms with Gasteiger partial charge in [-0.15, -0.1) is 0 Å². The van der Waals surface area contributed by atoms with Gasteiger partial charge in [0, 0.05) is 0 Å². The van der Waals surface area contributed by atoms with Gasteiger partial charge in [-0.1, -0.05) is 54.6 Å². The number of anilines is 1. The molecule has 1 aliphatic heterocycles. The summed E-state index contributed by atoms with van der Waals surface area (Å²) in [6.07, 6.45) is 0.834. The number of fused-ring (bicyclic) bond motifs is 2. The highest BCUT2D eigenvalue weighted by Crippen LogP contribution is 2.38. The van der Waals surface area contributed by atoms with Crippen LogP contribution in [0, 0.1) is 5.82 Å². The number of hydrogen-bond donors (Lipinski definition) is 1. The van der Waals surface area contributed by atoms with Crippen LogP contribution >= 0.6 is 0 Å². The molecule has 20 heavy (non-hydrogen) atoms. The molecule has 0 spiro atoms. The Morgan fingerprint density at radius 2 is 1.70 bits per heavy atom. The maximum Gasteiger partial charge on any atom is 0.146 e. The highest BCUT2D eigenvalue weighted by atomic mass is 19.1. The minimum atomic E-state index is -0.162.